The summed E-state index contributed by atoms with van der Waals surface area (Å²) in [4.78, 5) is 16.2. The summed E-state index contributed by atoms with van der Waals surface area (Å²) in [5, 5.41) is 5.67. The summed E-state index contributed by atoms with van der Waals surface area (Å²) in [6.07, 6.45) is 2.52. The molecule has 2 fully saturated rings. The summed E-state index contributed by atoms with van der Waals surface area (Å²) in [7, 11) is 0. The molecule has 0 radical (unpaired) electrons. The Hall–Kier alpha value is -2.83. The molecule has 176 valence electrons. The highest BCUT2D eigenvalue weighted by Crippen LogP contribution is 2.48. The van der Waals surface area contributed by atoms with Crippen molar-refractivity contribution < 1.29 is 18.3 Å². The van der Waals surface area contributed by atoms with E-state index in [2.05, 4.69) is 36.5 Å². The number of halogens is 2. The van der Waals surface area contributed by atoms with Crippen LogP contribution in [0, 0.1) is 24.5 Å². The monoisotopic (exact) mass is 462 g/mol. The Balaban J connectivity index is 1.38. The second-order valence-corrected chi connectivity index (χ2v) is 9.89. The van der Waals surface area contributed by atoms with Gasteiger partial charge in [0, 0.05) is 19.1 Å². The van der Waals surface area contributed by atoms with E-state index in [1.807, 2.05) is 17.0 Å². The highest BCUT2D eigenvalue weighted by atomic mass is 19.2. The molecule has 6 rings (SSSR count). The van der Waals surface area contributed by atoms with Crippen molar-refractivity contribution in [3.05, 3.63) is 82.4 Å². The van der Waals surface area contributed by atoms with Gasteiger partial charge in [0.25, 0.3) is 0 Å². The van der Waals surface area contributed by atoms with Crippen molar-refractivity contribution in [2.45, 2.75) is 51.0 Å². The van der Waals surface area contributed by atoms with E-state index < -0.39 is 23.2 Å². The summed E-state index contributed by atoms with van der Waals surface area (Å²) >= 11 is 0. The average molecular weight is 463 g/mol. The van der Waals surface area contributed by atoms with Gasteiger partial charge in [0.1, 0.15) is 5.60 Å². The second kappa shape index (κ2) is 8.14. The zero-order valence-electron chi connectivity index (χ0n) is 19.2. The van der Waals surface area contributed by atoms with Crippen LogP contribution in [-0.4, -0.2) is 29.9 Å². The van der Waals surface area contributed by atoms with Gasteiger partial charge in [-0.25, -0.2) is 8.78 Å². The number of fused-ring (bicyclic) bond motifs is 3. The molecule has 1 saturated carbocycles. The highest BCUT2D eigenvalue weighted by molar-refractivity contribution is 5.88. The Kier molecular flexibility index (Phi) is 5.19. The van der Waals surface area contributed by atoms with E-state index in [1.54, 1.807) is 0 Å². The van der Waals surface area contributed by atoms with Gasteiger partial charge in [-0.2, -0.15) is 0 Å². The first-order valence-corrected chi connectivity index (χ1v) is 12.1. The quantitative estimate of drug-likeness (QED) is 0.596. The second-order valence-electron chi connectivity index (χ2n) is 9.89. The minimum absolute atomic E-state index is 0.0274. The van der Waals surface area contributed by atoms with E-state index >= 15 is 0 Å². The van der Waals surface area contributed by atoms with Gasteiger partial charge in [0.15, 0.2) is 11.6 Å². The number of hydrogen-bond donors (Lipinski definition) is 1. The molecule has 1 aliphatic carbocycles. The maximum atomic E-state index is 14.3. The minimum atomic E-state index is -0.923. The fraction of sp³-hybridized carbons (Fsp3) is 0.393. The smallest absolute Gasteiger partial charge is 0.230 e. The van der Waals surface area contributed by atoms with Crippen molar-refractivity contribution in [2.75, 3.05) is 13.1 Å². The third-order valence-corrected chi connectivity index (χ3v) is 7.84. The van der Waals surface area contributed by atoms with Gasteiger partial charge in [0.05, 0.1) is 12.5 Å². The van der Waals surface area contributed by atoms with Gasteiger partial charge >= 0.3 is 0 Å². The molecule has 1 spiro atoms. The zero-order chi connectivity index (χ0) is 23.4. The number of piperidine rings is 1. The predicted molar refractivity (Wildman–Crippen MR) is 126 cm³/mol. The van der Waals surface area contributed by atoms with Crippen LogP contribution >= 0.6 is 0 Å². The lowest BCUT2D eigenvalue weighted by Crippen LogP contribution is -2.55. The first-order valence-electron chi connectivity index (χ1n) is 12.1. The Morgan fingerprint density at radius 3 is 2.76 bits per heavy atom. The molecule has 2 aliphatic heterocycles. The molecule has 3 aliphatic rings. The Bertz CT molecular complexity index is 1290. The molecule has 1 N–H and O–H groups in total. The molecule has 0 aromatic heterocycles. The largest absolute Gasteiger partial charge is 0.365 e. The fourth-order valence-electron chi connectivity index (χ4n) is 5.83. The van der Waals surface area contributed by atoms with Crippen LogP contribution in [0.3, 0.4) is 0 Å². The molecule has 1 amide bonds. The molecule has 6 heteroatoms. The van der Waals surface area contributed by atoms with Crippen molar-refractivity contribution in [2.24, 2.45) is 5.92 Å². The van der Waals surface area contributed by atoms with Crippen molar-refractivity contribution in [3.63, 3.8) is 0 Å². The van der Waals surface area contributed by atoms with E-state index in [9.17, 15) is 13.6 Å². The van der Waals surface area contributed by atoms with Crippen LogP contribution < -0.4 is 5.32 Å². The lowest BCUT2D eigenvalue weighted by atomic mass is 9.75. The van der Waals surface area contributed by atoms with Gasteiger partial charge < -0.3 is 15.0 Å². The number of benzene rings is 3. The number of carbonyl (C=O) groups is 1. The van der Waals surface area contributed by atoms with Gasteiger partial charge in [-0.15, -0.1) is 0 Å². The summed E-state index contributed by atoms with van der Waals surface area (Å²) in [6, 6.07) is 15.2. The van der Waals surface area contributed by atoms with Crippen molar-refractivity contribution in [1.82, 2.24) is 10.2 Å². The molecular weight excluding hydrogens is 434 g/mol. The van der Waals surface area contributed by atoms with E-state index in [0.717, 1.165) is 34.7 Å². The minimum Gasteiger partial charge on any atom is -0.365 e. The van der Waals surface area contributed by atoms with Crippen LogP contribution in [0.15, 0.2) is 48.5 Å². The topological polar surface area (TPSA) is 41.6 Å². The summed E-state index contributed by atoms with van der Waals surface area (Å²) in [5.74, 6) is -2.23. The van der Waals surface area contributed by atoms with E-state index in [-0.39, 0.29) is 18.6 Å². The highest BCUT2D eigenvalue weighted by Gasteiger charge is 2.53. The Labute approximate surface area is 197 Å². The SMILES string of the molecule is Cc1ccc2ccccc2c1CN(C(=O)[C@H]1CNCCC12OCc1cc(F)c(F)cc12)C1CC1. The van der Waals surface area contributed by atoms with E-state index in [4.69, 9.17) is 4.74 Å². The normalized spacial score (nSPS) is 23.9. The van der Waals surface area contributed by atoms with Crippen molar-refractivity contribution >= 4 is 16.7 Å². The first-order chi connectivity index (χ1) is 16.5. The summed E-state index contributed by atoms with van der Waals surface area (Å²) in [6.45, 7) is 3.94. The van der Waals surface area contributed by atoms with Crippen LogP contribution in [0.4, 0.5) is 8.78 Å². The predicted octanol–water partition coefficient (Wildman–Crippen LogP) is 4.95. The van der Waals surface area contributed by atoms with Crippen LogP contribution in [-0.2, 0) is 28.3 Å². The maximum Gasteiger partial charge on any atom is 0.230 e. The van der Waals surface area contributed by atoms with Crippen molar-refractivity contribution in [3.8, 4) is 0 Å². The van der Waals surface area contributed by atoms with Crippen LogP contribution in [0.5, 0.6) is 0 Å². The third-order valence-electron chi connectivity index (χ3n) is 7.84. The van der Waals surface area contributed by atoms with Gasteiger partial charge in [-0.1, -0.05) is 36.4 Å². The lowest BCUT2D eigenvalue weighted by molar-refractivity contribution is -0.157. The van der Waals surface area contributed by atoms with E-state index in [0.29, 0.717) is 37.2 Å². The molecule has 2 heterocycles. The summed E-state index contributed by atoms with van der Waals surface area (Å²) < 4.78 is 34.5. The first kappa shape index (κ1) is 21.7. The molecule has 3 aromatic carbocycles. The van der Waals surface area contributed by atoms with Crippen LogP contribution in [0.1, 0.15) is 41.5 Å². The Morgan fingerprint density at radius 1 is 1.15 bits per heavy atom. The number of nitrogens with zero attached hydrogens (tertiary/aromatic N) is 1. The molecular formula is C28H28F2N2O2. The number of amides is 1. The molecule has 3 aromatic rings. The number of hydrogen-bond acceptors (Lipinski definition) is 3. The van der Waals surface area contributed by atoms with Gasteiger partial charge in [-0.05, 0) is 77.9 Å². The van der Waals surface area contributed by atoms with Gasteiger partial charge in [0.2, 0.25) is 5.91 Å². The average Bonchev–Trinajstić information content (AvgIpc) is 3.64. The lowest BCUT2D eigenvalue weighted by Gasteiger charge is -2.43. The number of ether oxygens (including phenoxy) is 1. The standard InChI is InChI=1S/C28H28F2N2O2/c1-17-6-7-18-4-2-3-5-21(18)22(17)15-32(20-8-9-20)27(33)24-14-31-11-10-28(24)23-13-26(30)25(29)12-19(23)16-34-28/h2-7,12-13,20,24,31H,8-11,14-16H2,1H3/t24-,28?/m1/s1. The number of aryl methyl sites for hydroxylation is 1. The van der Waals surface area contributed by atoms with Crippen LogP contribution in [0.25, 0.3) is 10.8 Å². The number of carbonyl (C=O) groups excluding carboxylic acids is 1. The van der Waals surface area contributed by atoms with Gasteiger partial charge in [-0.3, -0.25) is 4.79 Å². The third kappa shape index (κ3) is 3.43. The Morgan fingerprint density at radius 2 is 1.94 bits per heavy atom. The molecule has 1 unspecified atom stereocenters. The molecule has 0 bridgehead atoms. The molecule has 34 heavy (non-hydrogen) atoms. The molecule has 4 nitrogen and oxygen atoms in total. The maximum absolute atomic E-state index is 14.3. The summed E-state index contributed by atoms with van der Waals surface area (Å²) in [5.41, 5.74) is 2.67. The van der Waals surface area contributed by atoms with Crippen LogP contribution in [0.2, 0.25) is 0 Å². The molecule has 1 saturated heterocycles. The number of rotatable bonds is 4. The van der Waals surface area contributed by atoms with Crippen molar-refractivity contribution in [1.29, 1.82) is 0 Å². The molecule has 2 atom stereocenters. The fourth-order valence-corrected chi connectivity index (χ4v) is 5.83. The number of nitrogens with one attached hydrogen (secondary N) is 1. The van der Waals surface area contributed by atoms with E-state index in [1.165, 1.54) is 12.1 Å². The zero-order valence-corrected chi connectivity index (χ0v) is 19.2.